The number of nitrogens with one attached hydrogen (secondary N) is 1. The second-order valence-corrected chi connectivity index (χ2v) is 4.00. The number of hydrogen-bond acceptors (Lipinski definition) is 3. The van der Waals surface area contributed by atoms with Crippen molar-refractivity contribution in [3.63, 3.8) is 0 Å². The number of rotatable bonds is 5. The Morgan fingerprint density at radius 3 is 2.80 bits per heavy atom. The minimum absolute atomic E-state index is 0.308. The monoisotopic (exact) mass is 208 g/mol. The van der Waals surface area contributed by atoms with Crippen molar-refractivity contribution in [1.29, 1.82) is 0 Å². The van der Waals surface area contributed by atoms with E-state index in [0.717, 1.165) is 17.9 Å². The molecule has 0 radical (unpaired) electrons. The highest BCUT2D eigenvalue weighted by Crippen LogP contribution is 2.09. The summed E-state index contributed by atoms with van der Waals surface area (Å²) in [7, 11) is 0. The fourth-order valence-electron chi connectivity index (χ4n) is 1.32. The molecular formula is C12H20N2O. The summed E-state index contributed by atoms with van der Waals surface area (Å²) in [5.41, 5.74) is 0.984. The standard InChI is InChI=1S/C12H20N2O/c1-4-9(2)11(15)8-13-12-7-5-6-10(3)14-12/h5-7,9,11,15H,4,8H2,1-3H3,(H,13,14)/t9-,11-/m0/s1. The summed E-state index contributed by atoms with van der Waals surface area (Å²) in [6.07, 6.45) is 0.682. The first kappa shape index (κ1) is 12.0. The van der Waals surface area contributed by atoms with Gasteiger partial charge in [-0.2, -0.15) is 0 Å². The predicted molar refractivity (Wildman–Crippen MR) is 62.9 cm³/mol. The van der Waals surface area contributed by atoms with Crippen LogP contribution in [-0.2, 0) is 0 Å². The van der Waals surface area contributed by atoms with E-state index in [4.69, 9.17) is 0 Å². The molecule has 0 aromatic carbocycles. The minimum Gasteiger partial charge on any atom is -0.391 e. The van der Waals surface area contributed by atoms with Crippen LogP contribution >= 0.6 is 0 Å². The number of aliphatic hydroxyl groups excluding tert-OH is 1. The summed E-state index contributed by atoms with van der Waals surface area (Å²) in [6.45, 7) is 6.65. The Kier molecular flexibility index (Phi) is 4.56. The van der Waals surface area contributed by atoms with Gasteiger partial charge in [-0.05, 0) is 25.0 Å². The molecule has 0 saturated heterocycles. The molecule has 0 spiro atoms. The molecule has 2 N–H and O–H groups in total. The van der Waals surface area contributed by atoms with Crippen LogP contribution in [0.15, 0.2) is 18.2 Å². The molecule has 0 amide bonds. The van der Waals surface area contributed by atoms with Crippen LogP contribution in [0.1, 0.15) is 26.0 Å². The van der Waals surface area contributed by atoms with Crippen molar-refractivity contribution in [2.24, 2.45) is 5.92 Å². The molecular weight excluding hydrogens is 188 g/mol. The largest absolute Gasteiger partial charge is 0.391 e. The van der Waals surface area contributed by atoms with Gasteiger partial charge in [0.25, 0.3) is 0 Å². The topological polar surface area (TPSA) is 45.1 Å². The maximum atomic E-state index is 9.76. The lowest BCUT2D eigenvalue weighted by atomic mass is 10.0. The van der Waals surface area contributed by atoms with Crippen molar-refractivity contribution >= 4 is 5.82 Å². The maximum Gasteiger partial charge on any atom is 0.126 e. The van der Waals surface area contributed by atoms with Gasteiger partial charge in [0, 0.05) is 12.2 Å². The number of aromatic nitrogens is 1. The Labute approximate surface area is 91.5 Å². The average Bonchev–Trinajstić information content (AvgIpc) is 2.25. The van der Waals surface area contributed by atoms with E-state index in [1.54, 1.807) is 0 Å². The van der Waals surface area contributed by atoms with Crippen molar-refractivity contribution in [3.8, 4) is 0 Å². The third-order valence-electron chi connectivity index (χ3n) is 2.68. The van der Waals surface area contributed by atoms with Gasteiger partial charge in [0.05, 0.1) is 6.10 Å². The van der Waals surface area contributed by atoms with E-state index in [2.05, 4.69) is 24.1 Å². The highest BCUT2D eigenvalue weighted by molar-refractivity contribution is 5.35. The van der Waals surface area contributed by atoms with Crippen LogP contribution in [0.2, 0.25) is 0 Å². The van der Waals surface area contributed by atoms with Crippen LogP contribution in [0.5, 0.6) is 0 Å². The van der Waals surface area contributed by atoms with E-state index in [1.165, 1.54) is 0 Å². The van der Waals surface area contributed by atoms with Gasteiger partial charge in [-0.3, -0.25) is 0 Å². The fourth-order valence-corrected chi connectivity index (χ4v) is 1.32. The molecule has 1 aromatic rings. The first-order chi connectivity index (χ1) is 7.13. The number of nitrogens with zero attached hydrogens (tertiary/aromatic N) is 1. The highest BCUT2D eigenvalue weighted by atomic mass is 16.3. The van der Waals surface area contributed by atoms with E-state index in [1.807, 2.05) is 25.1 Å². The van der Waals surface area contributed by atoms with Crippen molar-refractivity contribution in [1.82, 2.24) is 4.98 Å². The third-order valence-corrected chi connectivity index (χ3v) is 2.68. The molecule has 0 unspecified atom stereocenters. The van der Waals surface area contributed by atoms with Crippen LogP contribution in [0.25, 0.3) is 0 Å². The van der Waals surface area contributed by atoms with Crippen LogP contribution < -0.4 is 5.32 Å². The zero-order chi connectivity index (χ0) is 11.3. The summed E-state index contributed by atoms with van der Waals surface area (Å²) in [5.74, 6) is 1.15. The number of aryl methyl sites for hydroxylation is 1. The van der Waals surface area contributed by atoms with Gasteiger partial charge in [-0.25, -0.2) is 4.98 Å². The highest BCUT2D eigenvalue weighted by Gasteiger charge is 2.11. The van der Waals surface area contributed by atoms with Gasteiger partial charge in [0.1, 0.15) is 5.82 Å². The first-order valence-corrected chi connectivity index (χ1v) is 5.49. The zero-order valence-corrected chi connectivity index (χ0v) is 9.70. The molecule has 0 aliphatic heterocycles. The van der Waals surface area contributed by atoms with Crippen molar-refractivity contribution in [2.75, 3.05) is 11.9 Å². The minimum atomic E-state index is -0.308. The number of anilines is 1. The molecule has 1 heterocycles. The lowest BCUT2D eigenvalue weighted by molar-refractivity contribution is 0.126. The second-order valence-electron chi connectivity index (χ2n) is 4.00. The number of pyridine rings is 1. The fraction of sp³-hybridized carbons (Fsp3) is 0.583. The van der Waals surface area contributed by atoms with E-state index in [9.17, 15) is 5.11 Å². The van der Waals surface area contributed by atoms with Crippen molar-refractivity contribution in [3.05, 3.63) is 23.9 Å². The SMILES string of the molecule is CC[C@H](C)[C@@H](O)CNc1cccc(C)n1. The van der Waals surface area contributed by atoms with E-state index >= 15 is 0 Å². The smallest absolute Gasteiger partial charge is 0.126 e. The Bertz CT molecular complexity index is 301. The molecule has 1 rings (SSSR count). The molecule has 15 heavy (non-hydrogen) atoms. The van der Waals surface area contributed by atoms with Crippen LogP contribution in [0, 0.1) is 12.8 Å². The zero-order valence-electron chi connectivity index (χ0n) is 9.70. The van der Waals surface area contributed by atoms with E-state index in [-0.39, 0.29) is 6.10 Å². The van der Waals surface area contributed by atoms with Crippen molar-refractivity contribution < 1.29 is 5.11 Å². The molecule has 0 saturated carbocycles. The quantitative estimate of drug-likeness (QED) is 0.779. The van der Waals surface area contributed by atoms with Gasteiger partial charge < -0.3 is 10.4 Å². The molecule has 3 nitrogen and oxygen atoms in total. The second kappa shape index (κ2) is 5.71. The molecule has 2 atom stereocenters. The molecule has 1 aromatic heterocycles. The third kappa shape index (κ3) is 3.88. The van der Waals surface area contributed by atoms with Crippen LogP contribution in [0.4, 0.5) is 5.82 Å². The normalized spacial score (nSPS) is 14.7. The summed E-state index contributed by atoms with van der Waals surface area (Å²) < 4.78 is 0. The summed E-state index contributed by atoms with van der Waals surface area (Å²) in [4.78, 5) is 4.31. The molecule has 0 bridgehead atoms. The van der Waals surface area contributed by atoms with Gasteiger partial charge >= 0.3 is 0 Å². The Hall–Kier alpha value is -1.09. The number of aliphatic hydroxyl groups is 1. The van der Waals surface area contributed by atoms with E-state index in [0.29, 0.717) is 12.5 Å². The molecule has 0 fully saturated rings. The van der Waals surface area contributed by atoms with Gasteiger partial charge in [0.15, 0.2) is 0 Å². The lowest BCUT2D eigenvalue weighted by Crippen LogP contribution is -2.26. The Balaban J connectivity index is 2.43. The molecule has 0 aliphatic rings. The van der Waals surface area contributed by atoms with E-state index < -0.39 is 0 Å². The Morgan fingerprint density at radius 2 is 2.20 bits per heavy atom. The van der Waals surface area contributed by atoms with Gasteiger partial charge in [-0.1, -0.05) is 26.3 Å². The van der Waals surface area contributed by atoms with Crippen molar-refractivity contribution in [2.45, 2.75) is 33.3 Å². The molecule has 84 valence electrons. The molecule has 3 heteroatoms. The van der Waals surface area contributed by atoms with Gasteiger partial charge in [0.2, 0.25) is 0 Å². The first-order valence-electron chi connectivity index (χ1n) is 5.49. The predicted octanol–water partition coefficient (Wildman–Crippen LogP) is 2.21. The molecule has 0 aliphatic carbocycles. The Morgan fingerprint density at radius 1 is 1.47 bits per heavy atom. The summed E-state index contributed by atoms with van der Waals surface area (Å²) in [6, 6.07) is 5.83. The van der Waals surface area contributed by atoms with Gasteiger partial charge in [-0.15, -0.1) is 0 Å². The number of hydrogen-bond donors (Lipinski definition) is 2. The van der Waals surface area contributed by atoms with Crippen LogP contribution in [0.3, 0.4) is 0 Å². The lowest BCUT2D eigenvalue weighted by Gasteiger charge is -2.17. The maximum absolute atomic E-state index is 9.76. The average molecular weight is 208 g/mol. The van der Waals surface area contributed by atoms with Crippen LogP contribution in [-0.4, -0.2) is 22.7 Å². The summed E-state index contributed by atoms with van der Waals surface area (Å²) >= 11 is 0. The summed E-state index contributed by atoms with van der Waals surface area (Å²) in [5, 5.41) is 12.9.